The molecule has 2 aromatic carbocycles. The van der Waals surface area contributed by atoms with E-state index < -0.39 is 17.1 Å². The summed E-state index contributed by atoms with van der Waals surface area (Å²) in [6.07, 6.45) is 1.10. The lowest BCUT2D eigenvalue weighted by molar-refractivity contribution is -0.305. The Hall–Kier alpha value is -3.04. The lowest BCUT2D eigenvalue weighted by atomic mass is 10.2. The van der Waals surface area contributed by atoms with E-state index in [1.54, 1.807) is 24.3 Å². The Morgan fingerprint density at radius 3 is 2.87 bits per heavy atom. The van der Waals surface area contributed by atoms with Crippen LogP contribution >= 0.6 is 23.4 Å². The highest BCUT2D eigenvalue weighted by Gasteiger charge is 2.30. The second-order valence-electron chi connectivity index (χ2n) is 6.15. The van der Waals surface area contributed by atoms with Crippen LogP contribution < -0.4 is 19.9 Å². The largest absolute Gasteiger partial charge is 0.550 e. The Balaban J connectivity index is 1.63. The van der Waals surface area contributed by atoms with E-state index in [0.717, 1.165) is 17.3 Å². The van der Waals surface area contributed by atoms with Crippen molar-refractivity contribution < 1.29 is 24.2 Å². The number of methoxy groups -OCH3 is 1. The van der Waals surface area contributed by atoms with Crippen LogP contribution in [0.4, 0.5) is 0 Å². The minimum absolute atomic E-state index is 0.232. The molecule has 10 heteroatoms. The summed E-state index contributed by atoms with van der Waals surface area (Å²) in [5.41, 5.74) is 1.63. The maximum Gasteiger partial charge on any atom is 0.239 e. The summed E-state index contributed by atoms with van der Waals surface area (Å²) in [5.74, 6) is -0.644. The molecule has 1 aliphatic rings. The average Bonchev–Trinajstić information content (AvgIpc) is 3.05. The number of carbonyl (C=O) groups excluding carboxylic acids is 2. The van der Waals surface area contributed by atoms with E-state index in [4.69, 9.17) is 21.1 Å². The van der Waals surface area contributed by atoms with Crippen molar-refractivity contribution in [2.24, 2.45) is 10.2 Å². The molecule has 0 radical (unpaired) electrons. The molecule has 1 saturated heterocycles. The smallest absolute Gasteiger partial charge is 0.239 e. The quantitative estimate of drug-likeness (QED) is 0.490. The molecule has 8 nitrogen and oxygen atoms in total. The molecule has 30 heavy (non-hydrogen) atoms. The van der Waals surface area contributed by atoms with Gasteiger partial charge in [0.2, 0.25) is 5.91 Å². The number of halogens is 1. The number of nitrogens with zero attached hydrogens (tertiary/aromatic N) is 2. The first kappa shape index (κ1) is 21.7. The van der Waals surface area contributed by atoms with Gasteiger partial charge in [0.15, 0.2) is 16.7 Å². The van der Waals surface area contributed by atoms with E-state index in [-0.39, 0.29) is 11.6 Å². The number of hydrogen-bond acceptors (Lipinski definition) is 8. The van der Waals surface area contributed by atoms with Crippen LogP contribution in [0.1, 0.15) is 17.5 Å². The predicted molar refractivity (Wildman–Crippen MR) is 113 cm³/mol. The molecule has 1 heterocycles. The molecule has 0 aromatic heterocycles. The number of carboxylic acid groups (broad SMARTS) is 1. The van der Waals surface area contributed by atoms with E-state index in [9.17, 15) is 14.7 Å². The highest BCUT2D eigenvalue weighted by atomic mass is 35.5. The topological polar surface area (TPSA) is 112 Å². The molecule has 0 unspecified atom stereocenters. The Bertz CT molecular complexity index is 1010. The average molecular weight is 447 g/mol. The minimum Gasteiger partial charge on any atom is -0.550 e. The maximum absolute atomic E-state index is 11.7. The van der Waals surface area contributed by atoms with Crippen LogP contribution in [0.15, 0.2) is 52.7 Å². The normalized spacial score (nSPS) is 17.3. The van der Waals surface area contributed by atoms with Gasteiger partial charge in [0.1, 0.15) is 6.61 Å². The first-order chi connectivity index (χ1) is 14.4. The van der Waals surface area contributed by atoms with Gasteiger partial charge < -0.3 is 24.7 Å². The predicted octanol–water partition coefficient (Wildman–Crippen LogP) is 1.99. The second kappa shape index (κ2) is 10.1. The number of carboxylic acids is 1. The van der Waals surface area contributed by atoms with Crippen LogP contribution in [-0.2, 0) is 16.2 Å². The van der Waals surface area contributed by atoms with Gasteiger partial charge in [0.25, 0.3) is 0 Å². The Labute approximate surface area is 181 Å². The molecular weight excluding hydrogens is 430 g/mol. The van der Waals surface area contributed by atoms with Crippen molar-refractivity contribution in [3.8, 4) is 11.5 Å². The standard InChI is InChI=1S/C20H18ClN3O5S/c1-28-16-8-12(5-6-15(16)29-11-13-3-2-4-14(21)7-13)10-22-24-20-23-19(27)17(30-20)9-18(25)26/h2-8,10,17H,9,11H2,1H3,(H,25,26)(H,23,24,27)/p-1/b22-10-/t17-/m0/s1. The first-order valence-electron chi connectivity index (χ1n) is 8.78. The third-order valence-electron chi connectivity index (χ3n) is 3.95. The molecular formula is C20H17ClN3O5S-. The molecule has 1 atom stereocenters. The zero-order valence-corrected chi connectivity index (χ0v) is 17.4. The second-order valence-corrected chi connectivity index (χ2v) is 7.78. The molecule has 1 amide bonds. The van der Waals surface area contributed by atoms with Crippen LogP contribution in [0.25, 0.3) is 0 Å². The van der Waals surface area contributed by atoms with Gasteiger partial charge in [-0.25, -0.2) is 0 Å². The molecule has 3 rings (SSSR count). The summed E-state index contributed by atoms with van der Waals surface area (Å²) in [7, 11) is 1.53. The minimum atomic E-state index is -1.29. The fraction of sp³-hybridized carbons (Fsp3) is 0.200. The van der Waals surface area contributed by atoms with Crippen molar-refractivity contribution in [3.05, 3.63) is 58.6 Å². The number of amidine groups is 1. The van der Waals surface area contributed by atoms with Crippen molar-refractivity contribution in [1.29, 1.82) is 0 Å². The van der Waals surface area contributed by atoms with Crippen LogP contribution in [0.3, 0.4) is 0 Å². The highest BCUT2D eigenvalue weighted by Crippen LogP contribution is 2.29. The third-order valence-corrected chi connectivity index (χ3v) is 5.26. The number of aliphatic carboxylic acids is 1. The van der Waals surface area contributed by atoms with Gasteiger partial charge in [-0.05, 0) is 41.5 Å². The fourth-order valence-corrected chi connectivity index (χ4v) is 3.68. The summed E-state index contributed by atoms with van der Waals surface area (Å²) in [6, 6.07) is 12.6. The van der Waals surface area contributed by atoms with Crippen molar-refractivity contribution in [2.45, 2.75) is 18.3 Å². The van der Waals surface area contributed by atoms with Crippen LogP contribution in [0, 0.1) is 0 Å². The third kappa shape index (κ3) is 5.98. The number of thioether (sulfide) groups is 1. The molecule has 0 spiro atoms. The van der Waals surface area contributed by atoms with E-state index in [2.05, 4.69) is 15.5 Å². The van der Waals surface area contributed by atoms with Crippen LogP contribution in [-0.4, -0.2) is 35.6 Å². The maximum atomic E-state index is 11.7. The van der Waals surface area contributed by atoms with Crippen LogP contribution in [0.2, 0.25) is 5.02 Å². The number of ether oxygens (including phenoxy) is 2. The lowest BCUT2D eigenvalue weighted by Crippen LogP contribution is -2.31. The summed E-state index contributed by atoms with van der Waals surface area (Å²) >= 11 is 6.98. The molecule has 2 aromatic rings. The van der Waals surface area contributed by atoms with Gasteiger partial charge in [-0.1, -0.05) is 35.5 Å². The van der Waals surface area contributed by atoms with Gasteiger partial charge in [0.05, 0.1) is 18.6 Å². The molecule has 0 bridgehead atoms. The van der Waals surface area contributed by atoms with E-state index >= 15 is 0 Å². The van der Waals surface area contributed by atoms with Crippen molar-refractivity contribution in [2.75, 3.05) is 7.11 Å². The van der Waals surface area contributed by atoms with E-state index in [0.29, 0.717) is 28.7 Å². The van der Waals surface area contributed by atoms with E-state index in [1.165, 1.54) is 13.3 Å². The Kier molecular flexibility index (Phi) is 7.31. The number of benzene rings is 2. The van der Waals surface area contributed by atoms with Gasteiger partial charge in [-0.3, -0.25) is 4.79 Å². The number of carbonyl (C=O) groups is 2. The Morgan fingerprint density at radius 1 is 1.30 bits per heavy atom. The highest BCUT2D eigenvalue weighted by molar-refractivity contribution is 8.15. The molecule has 0 saturated carbocycles. The zero-order chi connectivity index (χ0) is 21.5. The van der Waals surface area contributed by atoms with Crippen molar-refractivity contribution in [3.63, 3.8) is 0 Å². The molecule has 156 valence electrons. The van der Waals surface area contributed by atoms with E-state index in [1.807, 2.05) is 18.2 Å². The Morgan fingerprint density at radius 2 is 2.13 bits per heavy atom. The van der Waals surface area contributed by atoms with Gasteiger partial charge in [0, 0.05) is 17.4 Å². The zero-order valence-electron chi connectivity index (χ0n) is 15.8. The summed E-state index contributed by atoms with van der Waals surface area (Å²) in [4.78, 5) is 22.3. The molecule has 1 aliphatic heterocycles. The lowest BCUT2D eigenvalue weighted by Gasteiger charge is -2.11. The van der Waals surface area contributed by atoms with Gasteiger partial charge >= 0.3 is 0 Å². The number of rotatable bonds is 8. The number of amides is 1. The van der Waals surface area contributed by atoms with Crippen LogP contribution in [0.5, 0.6) is 11.5 Å². The molecule has 0 aliphatic carbocycles. The monoisotopic (exact) mass is 446 g/mol. The van der Waals surface area contributed by atoms with Crippen molar-refractivity contribution in [1.82, 2.24) is 5.32 Å². The molecule has 1 N–H and O–H groups in total. The van der Waals surface area contributed by atoms with Gasteiger partial charge in [-0.2, -0.15) is 5.10 Å². The SMILES string of the molecule is COc1cc(/C=N\N=C2\NC(=O)[C@H](CC(=O)[O-])S2)ccc1OCc1cccc(Cl)c1. The fourth-order valence-electron chi connectivity index (χ4n) is 2.56. The molecule has 1 fully saturated rings. The number of hydrogen-bond donors (Lipinski definition) is 1. The number of nitrogens with one attached hydrogen (secondary N) is 1. The summed E-state index contributed by atoms with van der Waals surface area (Å²) in [6.45, 7) is 0.335. The summed E-state index contributed by atoms with van der Waals surface area (Å²) < 4.78 is 11.2. The van der Waals surface area contributed by atoms with Crippen molar-refractivity contribution >= 4 is 46.6 Å². The summed E-state index contributed by atoms with van der Waals surface area (Å²) in [5, 5.41) is 21.1. The van der Waals surface area contributed by atoms with Gasteiger partial charge in [-0.15, -0.1) is 5.10 Å². The first-order valence-corrected chi connectivity index (χ1v) is 10.0.